The van der Waals surface area contributed by atoms with Crippen molar-refractivity contribution in [2.75, 3.05) is 6.54 Å². The highest BCUT2D eigenvalue weighted by atomic mass is 32.2. The van der Waals surface area contributed by atoms with Crippen LogP contribution in [0.1, 0.15) is 36.7 Å². The fraction of sp³-hybridized carbons (Fsp3) is 0.316. The van der Waals surface area contributed by atoms with E-state index in [4.69, 9.17) is 0 Å². The first-order valence-corrected chi connectivity index (χ1v) is 9.87. The first-order valence-electron chi connectivity index (χ1n) is 8.39. The van der Waals surface area contributed by atoms with Gasteiger partial charge in [0.15, 0.2) is 0 Å². The Morgan fingerprint density at radius 3 is 2.35 bits per heavy atom. The Morgan fingerprint density at radius 1 is 1.15 bits per heavy atom. The van der Waals surface area contributed by atoms with E-state index >= 15 is 0 Å². The zero-order chi connectivity index (χ0) is 19.3. The maximum absolute atomic E-state index is 13.3. The van der Waals surface area contributed by atoms with Crippen molar-refractivity contribution in [1.82, 2.24) is 9.62 Å². The smallest absolute Gasteiger partial charge is 0.254 e. The van der Waals surface area contributed by atoms with Gasteiger partial charge >= 0.3 is 0 Å². The van der Waals surface area contributed by atoms with Crippen molar-refractivity contribution < 1.29 is 17.6 Å². The van der Waals surface area contributed by atoms with Crippen LogP contribution in [0.5, 0.6) is 0 Å². The molecule has 0 aliphatic rings. The zero-order valence-electron chi connectivity index (χ0n) is 15.1. The van der Waals surface area contributed by atoms with Gasteiger partial charge in [-0.05, 0) is 62.7 Å². The number of amides is 1. The molecular weight excluding hydrogens is 355 g/mol. The Labute approximate surface area is 153 Å². The molecule has 140 valence electrons. The van der Waals surface area contributed by atoms with Crippen molar-refractivity contribution in [3.8, 4) is 0 Å². The van der Waals surface area contributed by atoms with Crippen LogP contribution < -0.4 is 4.72 Å². The van der Waals surface area contributed by atoms with E-state index in [1.807, 2.05) is 6.92 Å². The number of halogens is 1. The largest absolute Gasteiger partial charge is 0.335 e. The topological polar surface area (TPSA) is 66.5 Å². The molecule has 0 spiro atoms. The molecule has 0 fully saturated rings. The lowest BCUT2D eigenvalue weighted by atomic mass is 10.1. The third-order valence-electron chi connectivity index (χ3n) is 3.73. The van der Waals surface area contributed by atoms with Crippen LogP contribution in [0.4, 0.5) is 4.39 Å². The summed E-state index contributed by atoms with van der Waals surface area (Å²) in [6.45, 7) is 6.04. The van der Waals surface area contributed by atoms with Crippen LogP contribution in [-0.2, 0) is 16.6 Å². The number of benzene rings is 2. The van der Waals surface area contributed by atoms with E-state index in [1.165, 1.54) is 36.4 Å². The minimum atomic E-state index is -3.60. The molecule has 7 heteroatoms. The maximum atomic E-state index is 13.3. The maximum Gasteiger partial charge on any atom is 0.254 e. The highest BCUT2D eigenvalue weighted by molar-refractivity contribution is 7.89. The van der Waals surface area contributed by atoms with Gasteiger partial charge in [-0.3, -0.25) is 4.79 Å². The minimum Gasteiger partial charge on any atom is -0.335 e. The fourth-order valence-corrected chi connectivity index (χ4v) is 3.77. The van der Waals surface area contributed by atoms with Gasteiger partial charge in [-0.25, -0.2) is 17.5 Å². The number of nitrogens with one attached hydrogen (secondary N) is 1. The SMILES string of the molecule is CCN(Cc1cccc(F)c1)C(=O)c1ccc(S(=O)(=O)NC(C)C)cc1. The monoisotopic (exact) mass is 378 g/mol. The van der Waals surface area contributed by atoms with Crippen LogP contribution in [0.3, 0.4) is 0 Å². The molecule has 0 aromatic heterocycles. The Kier molecular flexibility index (Phi) is 6.50. The Morgan fingerprint density at radius 2 is 1.81 bits per heavy atom. The quantitative estimate of drug-likeness (QED) is 0.805. The number of hydrogen-bond acceptors (Lipinski definition) is 3. The van der Waals surface area contributed by atoms with Crippen LogP contribution in [0, 0.1) is 5.82 Å². The van der Waals surface area contributed by atoms with Crippen molar-refractivity contribution in [1.29, 1.82) is 0 Å². The minimum absolute atomic E-state index is 0.107. The molecule has 0 radical (unpaired) electrons. The highest BCUT2D eigenvalue weighted by Gasteiger charge is 2.18. The molecule has 2 aromatic carbocycles. The third kappa shape index (κ3) is 5.12. The molecule has 0 aliphatic heterocycles. The van der Waals surface area contributed by atoms with Gasteiger partial charge in [0.05, 0.1) is 4.90 Å². The van der Waals surface area contributed by atoms with Gasteiger partial charge in [0.2, 0.25) is 10.0 Å². The van der Waals surface area contributed by atoms with Gasteiger partial charge in [-0.2, -0.15) is 0 Å². The molecule has 2 rings (SSSR count). The van der Waals surface area contributed by atoms with Gasteiger partial charge in [0.1, 0.15) is 5.82 Å². The normalized spacial score (nSPS) is 11.6. The molecule has 0 bridgehead atoms. The Hall–Kier alpha value is -2.25. The molecule has 0 unspecified atom stereocenters. The summed E-state index contributed by atoms with van der Waals surface area (Å²) in [7, 11) is -3.60. The fourth-order valence-electron chi connectivity index (χ4n) is 2.52. The van der Waals surface area contributed by atoms with Crippen molar-refractivity contribution in [2.24, 2.45) is 0 Å². The second kappa shape index (κ2) is 8.42. The lowest BCUT2D eigenvalue weighted by molar-refractivity contribution is 0.0752. The number of nitrogens with zero attached hydrogens (tertiary/aromatic N) is 1. The number of rotatable bonds is 7. The molecule has 2 aromatic rings. The number of carbonyl (C=O) groups excluding carboxylic acids is 1. The highest BCUT2D eigenvalue weighted by Crippen LogP contribution is 2.15. The number of carbonyl (C=O) groups is 1. The molecular formula is C19H23FN2O3S. The molecule has 1 N–H and O–H groups in total. The van der Waals surface area contributed by atoms with E-state index < -0.39 is 10.0 Å². The molecule has 0 heterocycles. The van der Waals surface area contributed by atoms with E-state index in [0.29, 0.717) is 17.7 Å². The van der Waals surface area contributed by atoms with Crippen molar-refractivity contribution >= 4 is 15.9 Å². The first-order chi connectivity index (χ1) is 12.2. The van der Waals surface area contributed by atoms with E-state index in [9.17, 15) is 17.6 Å². The molecule has 1 amide bonds. The van der Waals surface area contributed by atoms with E-state index in [2.05, 4.69) is 4.72 Å². The van der Waals surface area contributed by atoms with Crippen LogP contribution >= 0.6 is 0 Å². The Balaban J connectivity index is 2.17. The molecule has 5 nitrogen and oxygen atoms in total. The van der Waals surface area contributed by atoms with Gasteiger partial charge in [-0.15, -0.1) is 0 Å². The molecule has 0 aliphatic carbocycles. The second-order valence-corrected chi connectivity index (χ2v) is 7.96. The van der Waals surface area contributed by atoms with E-state index in [-0.39, 0.29) is 29.2 Å². The predicted molar refractivity (Wildman–Crippen MR) is 98.7 cm³/mol. The van der Waals surface area contributed by atoms with Crippen molar-refractivity contribution in [3.05, 3.63) is 65.5 Å². The molecule has 26 heavy (non-hydrogen) atoms. The Bertz CT molecular complexity index is 865. The third-order valence-corrected chi connectivity index (χ3v) is 5.41. The van der Waals surface area contributed by atoms with Crippen LogP contribution in [0.2, 0.25) is 0 Å². The summed E-state index contributed by atoms with van der Waals surface area (Å²) in [6.07, 6.45) is 0. The summed E-state index contributed by atoms with van der Waals surface area (Å²) in [6, 6.07) is 11.7. The molecule has 0 saturated carbocycles. The van der Waals surface area contributed by atoms with Crippen LogP contribution in [0.25, 0.3) is 0 Å². The van der Waals surface area contributed by atoms with Crippen LogP contribution in [0.15, 0.2) is 53.4 Å². The lowest BCUT2D eigenvalue weighted by Gasteiger charge is -2.21. The van der Waals surface area contributed by atoms with Crippen molar-refractivity contribution in [2.45, 2.75) is 38.3 Å². The summed E-state index contributed by atoms with van der Waals surface area (Å²) < 4.78 is 40.1. The van der Waals surface area contributed by atoms with E-state index in [0.717, 1.165) is 0 Å². The average Bonchev–Trinajstić information content (AvgIpc) is 2.58. The molecule has 0 saturated heterocycles. The van der Waals surface area contributed by atoms with Crippen LogP contribution in [-0.4, -0.2) is 31.8 Å². The van der Waals surface area contributed by atoms with Gasteiger partial charge in [-0.1, -0.05) is 12.1 Å². The van der Waals surface area contributed by atoms with Gasteiger partial charge < -0.3 is 4.90 Å². The molecule has 0 atom stereocenters. The number of sulfonamides is 1. The average molecular weight is 378 g/mol. The van der Waals surface area contributed by atoms with Gasteiger partial charge in [0.25, 0.3) is 5.91 Å². The van der Waals surface area contributed by atoms with Crippen molar-refractivity contribution in [3.63, 3.8) is 0 Å². The summed E-state index contributed by atoms with van der Waals surface area (Å²) in [5.41, 5.74) is 1.08. The van der Waals surface area contributed by atoms with E-state index in [1.54, 1.807) is 30.9 Å². The first kappa shape index (κ1) is 20.1. The zero-order valence-corrected chi connectivity index (χ0v) is 15.9. The standard InChI is InChI=1S/C19H23FN2O3S/c1-4-22(13-15-6-5-7-17(20)12-15)19(23)16-8-10-18(11-9-16)26(24,25)21-14(2)3/h5-12,14,21H,4,13H2,1-3H3. The lowest BCUT2D eigenvalue weighted by Crippen LogP contribution is -2.31. The summed E-state index contributed by atoms with van der Waals surface area (Å²) in [4.78, 5) is 14.4. The summed E-state index contributed by atoms with van der Waals surface area (Å²) >= 11 is 0. The summed E-state index contributed by atoms with van der Waals surface area (Å²) in [5.74, 6) is -0.587. The summed E-state index contributed by atoms with van der Waals surface area (Å²) in [5, 5.41) is 0. The number of hydrogen-bond donors (Lipinski definition) is 1. The predicted octanol–water partition coefficient (Wildman–Crippen LogP) is 3.17. The van der Waals surface area contributed by atoms with Gasteiger partial charge in [0, 0.05) is 24.7 Å². The second-order valence-electron chi connectivity index (χ2n) is 6.25.